The summed E-state index contributed by atoms with van der Waals surface area (Å²) in [4.78, 5) is 4.61. The third kappa shape index (κ3) is 6.69. The molecule has 1 rings (SSSR count). The van der Waals surface area contributed by atoms with Crippen molar-refractivity contribution in [3.05, 3.63) is 0 Å². The standard InChI is InChI=1S/C14H31N3O/c1-13-7-4-5-9-17(13)10-6-8-15-11-14(18)12-16(2)3/h13-15,18H,4-12H2,1-3H3. The summed E-state index contributed by atoms with van der Waals surface area (Å²) in [5.41, 5.74) is 0. The molecule has 0 aliphatic carbocycles. The van der Waals surface area contributed by atoms with Crippen LogP contribution in [0, 0.1) is 0 Å². The molecule has 0 saturated carbocycles. The van der Waals surface area contributed by atoms with Crippen LogP contribution < -0.4 is 5.32 Å². The first-order valence-corrected chi connectivity index (χ1v) is 7.37. The van der Waals surface area contributed by atoms with Crippen LogP contribution in [-0.4, -0.2) is 73.9 Å². The highest BCUT2D eigenvalue weighted by Crippen LogP contribution is 2.15. The monoisotopic (exact) mass is 257 g/mol. The molecule has 1 aliphatic rings. The molecule has 0 amide bonds. The first-order valence-electron chi connectivity index (χ1n) is 7.37. The number of nitrogens with one attached hydrogen (secondary N) is 1. The van der Waals surface area contributed by atoms with E-state index < -0.39 is 0 Å². The van der Waals surface area contributed by atoms with Gasteiger partial charge in [0.2, 0.25) is 0 Å². The molecule has 1 heterocycles. The summed E-state index contributed by atoms with van der Waals surface area (Å²) in [5, 5.41) is 13.0. The van der Waals surface area contributed by atoms with Crippen molar-refractivity contribution in [1.29, 1.82) is 0 Å². The normalized spacial score (nSPS) is 23.5. The topological polar surface area (TPSA) is 38.7 Å². The Bertz CT molecular complexity index is 211. The van der Waals surface area contributed by atoms with E-state index in [-0.39, 0.29) is 6.10 Å². The fourth-order valence-corrected chi connectivity index (χ4v) is 2.65. The van der Waals surface area contributed by atoms with Crippen LogP contribution in [0.15, 0.2) is 0 Å². The molecule has 1 aliphatic heterocycles. The first-order chi connectivity index (χ1) is 8.59. The number of hydrogen-bond acceptors (Lipinski definition) is 4. The van der Waals surface area contributed by atoms with Crippen molar-refractivity contribution < 1.29 is 5.11 Å². The van der Waals surface area contributed by atoms with Crippen LogP contribution in [0.5, 0.6) is 0 Å². The number of aliphatic hydroxyl groups excluding tert-OH is 1. The number of likely N-dealkylation sites (tertiary alicyclic amines) is 1. The largest absolute Gasteiger partial charge is 0.390 e. The first kappa shape index (κ1) is 15.9. The molecule has 0 radical (unpaired) electrons. The number of rotatable bonds is 8. The second-order valence-electron chi connectivity index (χ2n) is 5.85. The Morgan fingerprint density at radius 1 is 1.39 bits per heavy atom. The molecule has 108 valence electrons. The zero-order chi connectivity index (χ0) is 13.4. The van der Waals surface area contributed by atoms with Gasteiger partial charge in [-0.2, -0.15) is 0 Å². The summed E-state index contributed by atoms with van der Waals surface area (Å²) in [7, 11) is 3.97. The van der Waals surface area contributed by atoms with E-state index in [0.717, 1.165) is 19.1 Å². The van der Waals surface area contributed by atoms with Gasteiger partial charge in [0, 0.05) is 19.1 Å². The van der Waals surface area contributed by atoms with Gasteiger partial charge in [-0.25, -0.2) is 0 Å². The summed E-state index contributed by atoms with van der Waals surface area (Å²) >= 11 is 0. The average Bonchev–Trinajstić information content (AvgIpc) is 2.30. The smallest absolute Gasteiger partial charge is 0.0791 e. The molecule has 4 heteroatoms. The zero-order valence-electron chi connectivity index (χ0n) is 12.4. The van der Waals surface area contributed by atoms with E-state index in [9.17, 15) is 5.11 Å². The second kappa shape index (κ2) is 8.86. The van der Waals surface area contributed by atoms with Gasteiger partial charge in [0.1, 0.15) is 0 Å². The predicted octanol–water partition coefficient (Wildman–Crippen LogP) is 0.763. The molecular formula is C14H31N3O. The number of piperidine rings is 1. The Hall–Kier alpha value is -0.160. The molecule has 1 fully saturated rings. The molecule has 0 aromatic heterocycles. The molecule has 18 heavy (non-hydrogen) atoms. The maximum Gasteiger partial charge on any atom is 0.0791 e. The Kier molecular flexibility index (Phi) is 7.82. The van der Waals surface area contributed by atoms with Gasteiger partial charge in [-0.1, -0.05) is 6.42 Å². The van der Waals surface area contributed by atoms with E-state index in [1.54, 1.807) is 0 Å². The second-order valence-corrected chi connectivity index (χ2v) is 5.85. The van der Waals surface area contributed by atoms with Crippen LogP contribution in [0.25, 0.3) is 0 Å². The predicted molar refractivity (Wildman–Crippen MR) is 76.9 cm³/mol. The molecule has 2 unspecified atom stereocenters. The molecule has 0 aromatic rings. The highest BCUT2D eigenvalue weighted by Gasteiger charge is 2.16. The van der Waals surface area contributed by atoms with E-state index >= 15 is 0 Å². The minimum Gasteiger partial charge on any atom is -0.390 e. The maximum atomic E-state index is 9.70. The Labute approximate surface area is 112 Å². The lowest BCUT2D eigenvalue weighted by Crippen LogP contribution is -2.40. The third-order valence-electron chi connectivity index (χ3n) is 3.70. The van der Waals surface area contributed by atoms with Crippen LogP contribution in [-0.2, 0) is 0 Å². The van der Waals surface area contributed by atoms with Crippen LogP contribution in [0.1, 0.15) is 32.6 Å². The van der Waals surface area contributed by atoms with Crippen molar-refractivity contribution in [2.45, 2.75) is 44.8 Å². The Morgan fingerprint density at radius 2 is 2.17 bits per heavy atom. The van der Waals surface area contributed by atoms with Gasteiger partial charge in [-0.05, 0) is 59.9 Å². The van der Waals surface area contributed by atoms with Crippen LogP contribution in [0.3, 0.4) is 0 Å². The minimum absolute atomic E-state index is 0.256. The molecular weight excluding hydrogens is 226 g/mol. The Morgan fingerprint density at radius 3 is 2.83 bits per heavy atom. The summed E-state index contributed by atoms with van der Waals surface area (Å²) in [6, 6.07) is 0.762. The molecule has 0 aromatic carbocycles. The summed E-state index contributed by atoms with van der Waals surface area (Å²) in [6.07, 6.45) is 5.04. The fourth-order valence-electron chi connectivity index (χ4n) is 2.65. The number of nitrogens with zero attached hydrogens (tertiary/aromatic N) is 2. The van der Waals surface area contributed by atoms with Crippen molar-refractivity contribution in [3.63, 3.8) is 0 Å². The van der Waals surface area contributed by atoms with Gasteiger partial charge in [0.05, 0.1) is 6.10 Å². The summed E-state index contributed by atoms with van der Waals surface area (Å²) < 4.78 is 0. The number of aliphatic hydroxyl groups is 1. The van der Waals surface area contributed by atoms with Crippen molar-refractivity contribution in [1.82, 2.24) is 15.1 Å². The average molecular weight is 257 g/mol. The van der Waals surface area contributed by atoms with Gasteiger partial charge in [-0.15, -0.1) is 0 Å². The lowest BCUT2D eigenvalue weighted by atomic mass is 10.0. The van der Waals surface area contributed by atoms with Gasteiger partial charge < -0.3 is 20.2 Å². The fraction of sp³-hybridized carbons (Fsp3) is 1.00. The number of hydrogen-bond donors (Lipinski definition) is 2. The van der Waals surface area contributed by atoms with E-state index in [1.165, 1.54) is 38.8 Å². The summed E-state index contributed by atoms with van der Waals surface area (Å²) in [6.45, 7) is 7.24. The van der Waals surface area contributed by atoms with E-state index in [2.05, 4.69) is 17.1 Å². The maximum absolute atomic E-state index is 9.70. The van der Waals surface area contributed by atoms with Gasteiger partial charge in [0.15, 0.2) is 0 Å². The van der Waals surface area contributed by atoms with Gasteiger partial charge >= 0.3 is 0 Å². The van der Waals surface area contributed by atoms with Crippen molar-refractivity contribution in [2.75, 3.05) is 46.8 Å². The molecule has 2 N–H and O–H groups in total. The van der Waals surface area contributed by atoms with Crippen molar-refractivity contribution in [3.8, 4) is 0 Å². The molecule has 0 spiro atoms. The van der Waals surface area contributed by atoms with Crippen molar-refractivity contribution >= 4 is 0 Å². The lowest BCUT2D eigenvalue weighted by Gasteiger charge is -2.33. The molecule has 1 saturated heterocycles. The van der Waals surface area contributed by atoms with Crippen LogP contribution in [0.2, 0.25) is 0 Å². The van der Waals surface area contributed by atoms with E-state index in [4.69, 9.17) is 0 Å². The van der Waals surface area contributed by atoms with E-state index in [1.807, 2.05) is 19.0 Å². The van der Waals surface area contributed by atoms with Crippen LogP contribution >= 0.6 is 0 Å². The van der Waals surface area contributed by atoms with Gasteiger partial charge in [-0.3, -0.25) is 0 Å². The van der Waals surface area contributed by atoms with Crippen LogP contribution in [0.4, 0.5) is 0 Å². The molecule has 2 atom stereocenters. The minimum atomic E-state index is -0.256. The molecule has 0 bridgehead atoms. The highest BCUT2D eigenvalue weighted by molar-refractivity contribution is 4.73. The highest BCUT2D eigenvalue weighted by atomic mass is 16.3. The van der Waals surface area contributed by atoms with E-state index in [0.29, 0.717) is 6.54 Å². The van der Waals surface area contributed by atoms with Crippen molar-refractivity contribution in [2.24, 2.45) is 0 Å². The third-order valence-corrected chi connectivity index (χ3v) is 3.70. The lowest BCUT2D eigenvalue weighted by molar-refractivity contribution is 0.132. The van der Waals surface area contributed by atoms with Gasteiger partial charge in [0.25, 0.3) is 0 Å². The Balaban J connectivity index is 1.97. The summed E-state index contributed by atoms with van der Waals surface area (Å²) in [5.74, 6) is 0. The molecule has 4 nitrogen and oxygen atoms in total. The zero-order valence-corrected chi connectivity index (χ0v) is 12.4. The SMILES string of the molecule is CC1CCCCN1CCCNCC(O)CN(C)C. The quantitative estimate of drug-likeness (QED) is 0.630. The number of likely N-dealkylation sites (N-methyl/N-ethyl adjacent to an activating group) is 1.